The van der Waals surface area contributed by atoms with Crippen LogP contribution in [-0.2, 0) is 9.57 Å². The molecule has 3 heterocycles. The molecule has 0 aliphatic carbocycles. The maximum atomic E-state index is 6.13. The summed E-state index contributed by atoms with van der Waals surface area (Å²) in [6.07, 6.45) is 3.60. The zero-order valence-electron chi connectivity index (χ0n) is 11.2. The molecule has 2 aliphatic rings. The van der Waals surface area contributed by atoms with Crippen molar-refractivity contribution in [1.82, 2.24) is 10.0 Å². The van der Waals surface area contributed by atoms with Gasteiger partial charge in [-0.05, 0) is 32.4 Å². The Morgan fingerprint density at radius 1 is 1.44 bits per heavy atom. The summed E-state index contributed by atoms with van der Waals surface area (Å²) >= 11 is 0. The van der Waals surface area contributed by atoms with Crippen molar-refractivity contribution >= 4 is 0 Å². The van der Waals surface area contributed by atoms with E-state index in [0.29, 0.717) is 0 Å². The minimum atomic E-state index is -0.272. The summed E-state index contributed by atoms with van der Waals surface area (Å²) in [4.78, 5) is 10.5. The van der Waals surface area contributed by atoms with Gasteiger partial charge in [0.1, 0.15) is 11.8 Å². The van der Waals surface area contributed by atoms with Crippen molar-refractivity contribution in [2.45, 2.75) is 51.0 Å². The highest BCUT2D eigenvalue weighted by molar-refractivity contribution is 5.11. The Bertz CT molecular complexity index is 435. The Morgan fingerprint density at radius 2 is 2.28 bits per heavy atom. The van der Waals surface area contributed by atoms with Crippen LogP contribution in [0.15, 0.2) is 24.4 Å². The molecular formula is C14H20N2O2. The molecule has 0 N–H and O–H groups in total. The molecule has 0 radical (unpaired) electrons. The van der Waals surface area contributed by atoms with E-state index in [4.69, 9.17) is 9.57 Å². The Kier molecular flexibility index (Phi) is 2.70. The van der Waals surface area contributed by atoms with Crippen molar-refractivity contribution in [3.63, 3.8) is 0 Å². The zero-order chi connectivity index (χ0) is 12.8. The molecule has 0 saturated carbocycles. The van der Waals surface area contributed by atoms with Crippen LogP contribution in [0.5, 0.6) is 0 Å². The third kappa shape index (κ3) is 1.67. The van der Waals surface area contributed by atoms with E-state index in [9.17, 15) is 0 Å². The molecule has 18 heavy (non-hydrogen) atoms. The lowest BCUT2D eigenvalue weighted by atomic mass is 10.00. The summed E-state index contributed by atoms with van der Waals surface area (Å²) in [5.41, 5.74) is 0.643. The molecule has 1 aromatic rings. The summed E-state index contributed by atoms with van der Waals surface area (Å²) in [7, 11) is 0. The van der Waals surface area contributed by atoms with E-state index in [-0.39, 0.29) is 17.4 Å². The molecule has 4 nitrogen and oxygen atoms in total. The lowest BCUT2D eigenvalue weighted by molar-refractivity contribution is -0.243. The van der Waals surface area contributed by atoms with E-state index < -0.39 is 0 Å². The molecule has 98 valence electrons. The number of fused-ring (bicyclic) bond motifs is 1. The smallest absolute Gasteiger partial charge is 0.147 e. The lowest BCUT2D eigenvalue weighted by Crippen LogP contribution is -2.46. The van der Waals surface area contributed by atoms with Crippen molar-refractivity contribution in [3.8, 4) is 0 Å². The van der Waals surface area contributed by atoms with Gasteiger partial charge in [-0.3, -0.25) is 9.82 Å². The molecule has 2 atom stereocenters. The van der Waals surface area contributed by atoms with Crippen LogP contribution in [0.25, 0.3) is 0 Å². The van der Waals surface area contributed by atoms with Gasteiger partial charge >= 0.3 is 0 Å². The molecule has 0 amide bonds. The highest BCUT2D eigenvalue weighted by Gasteiger charge is 2.58. The van der Waals surface area contributed by atoms with Gasteiger partial charge in [0.25, 0.3) is 0 Å². The third-order valence-corrected chi connectivity index (χ3v) is 3.92. The quantitative estimate of drug-likeness (QED) is 0.806. The second kappa shape index (κ2) is 4.02. The molecule has 3 rings (SSSR count). The number of hydrogen-bond donors (Lipinski definition) is 0. The molecular weight excluding hydrogens is 228 g/mol. The number of rotatable bonds is 2. The first-order valence-corrected chi connectivity index (χ1v) is 6.59. The molecule has 0 spiro atoms. The Hall–Kier alpha value is -0.970. The standard InChI is InChI=1S/C14H20N2O2/c1-4-14-9-12(11-7-5-6-8-15-11)18-16(14)13(2,3)10-17-14/h5-8,12H,4,9-10H2,1-3H3/t12-,14+/m1/s1. The van der Waals surface area contributed by atoms with Gasteiger partial charge in [0.15, 0.2) is 0 Å². The van der Waals surface area contributed by atoms with Gasteiger partial charge in [-0.1, -0.05) is 13.0 Å². The fourth-order valence-corrected chi connectivity index (χ4v) is 2.93. The summed E-state index contributed by atoms with van der Waals surface area (Å²) in [5, 5.41) is 2.05. The maximum Gasteiger partial charge on any atom is 0.147 e. The Morgan fingerprint density at radius 3 is 2.89 bits per heavy atom. The number of ether oxygens (including phenoxy) is 1. The highest BCUT2D eigenvalue weighted by atomic mass is 16.8. The molecule has 2 aliphatic heterocycles. The number of aromatic nitrogens is 1. The predicted molar refractivity (Wildman–Crippen MR) is 67.6 cm³/mol. The highest BCUT2D eigenvalue weighted by Crippen LogP contribution is 2.50. The summed E-state index contributed by atoms with van der Waals surface area (Å²) in [6.45, 7) is 7.19. The van der Waals surface area contributed by atoms with Gasteiger partial charge in [-0.2, -0.15) is 0 Å². The summed E-state index contributed by atoms with van der Waals surface area (Å²) in [6, 6.07) is 5.94. The first-order valence-electron chi connectivity index (χ1n) is 6.59. The molecule has 1 aromatic heterocycles. The molecule has 0 aromatic carbocycles. The van der Waals surface area contributed by atoms with E-state index in [1.54, 1.807) is 0 Å². The van der Waals surface area contributed by atoms with Crippen LogP contribution in [0.2, 0.25) is 0 Å². The topological polar surface area (TPSA) is 34.6 Å². The Balaban J connectivity index is 1.89. The van der Waals surface area contributed by atoms with Gasteiger partial charge in [-0.15, -0.1) is 5.06 Å². The van der Waals surface area contributed by atoms with E-state index in [0.717, 1.165) is 25.1 Å². The zero-order valence-corrected chi connectivity index (χ0v) is 11.2. The van der Waals surface area contributed by atoms with Crippen molar-refractivity contribution in [1.29, 1.82) is 0 Å². The van der Waals surface area contributed by atoms with Crippen LogP contribution in [0.3, 0.4) is 0 Å². The minimum absolute atomic E-state index is 0.00530. The average Bonchev–Trinajstić information content (AvgIpc) is 2.88. The molecule has 2 saturated heterocycles. The van der Waals surface area contributed by atoms with Crippen LogP contribution in [0.4, 0.5) is 0 Å². The molecule has 0 unspecified atom stereocenters. The second-order valence-corrected chi connectivity index (χ2v) is 5.75. The Labute approximate surface area is 108 Å². The fraction of sp³-hybridized carbons (Fsp3) is 0.643. The van der Waals surface area contributed by atoms with Crippen molar-refractivity contribution in [2.75, 3.05) is 6.61 Å². The fourth-order valence-electron chi connectivity index (χ4n) is 2.93. The summed E-state index contributed by atoms with van der Waals surface area (Å²) < 4.78 is 6.05. The first kappa shape index (κ1) is 12.1. The number of nitrogens with zero attached hydrogens (tertiary/aromatic N) is 2. The SMILES string of the molecule is CC[C@]12C[C@H](c3ccccn3)ON1C(C)(C)CO2. The van der Waals surface area contributed by atoms with Gasteiger partial charge in [0.05, 0.1) is 17.8 Å². The van der Waals surface area contributed by atoms with Crippen LogP contribution in [0.1, 0.15) is 45.4 Å². The second-order valence-electron chi connectivity index (χ2n) is 5.75. The minimum Gasteiger partial charge on any atom is -0.356 e. The van der Waals surface area contributed by atoms with Crippen molar-refractivity contribution in [2.24, 2.45) is 0 Å². The largest absolute Gasteiger partial charge is 0.356 e. The van der Waals surface area contributed by atoms with E-state index in [1.807, 2.05) is 24.4 Å². The number of hydrogen-bond acceptors (Lipinski definition) is 4. The van der Waals surface area contributed by atoms with Crippen LogP contribution < -0.4 is 0 Å². The predicted octanol–water partition coefficient (Wildman–Crippen LogP) is 2.68. The molecule has 2 fully saturated rings. The van der Waals surface area contributed by atoms with Crippen LogP contribution in [0, 0.1) is 0 Å². The lowest BCUT2D eigenvalue weighted by Gasteiger charge is -2.33. The number of pyridine rings is 1. The maximum absolute atomic E-state index is 6.13. The van der Waals surface area contributed by atoms with Gasteiger partial charge in [0, 0.05) is 12.6 Å². The third-order valence-electron chi connectivity index (χ3n) is 3.92. The van der Waals surface area contributed by atoms with E-state index in [2.05, 4.69) is 30.8 Å². The molecule has 4 heteroatoms. The van der Waals surface area contributed by atoms with E-state index in [1.165, 1.54) is 0 Å². The van der Waals surface area contributed by atoms with Crippen LogP contribution in [-0.4, -0.2) is 27.9 Å². The van der Waals surface area contributed by atoms with Crippen molar-refractivity contribution < 1.29 is 9.57 Å². The van der Waals surface area contributed by atoms with Gasteiger partial charge < -0.3 is 4.74 Å². The van der Waals surface area contributed by atoms with Crippen molar-refractivity contribution in [3.05, 3.63) is 30.1 Å². The monoisotopic (exact) mass is 248 g/mol. The van der Waals surface area contributed by atoms with E-state index >= 15 is 0 Å². The number of hydroxylamine groups is 2. The summed E-state index contributed by atoms with van der Waals surface area (Å²) in [5.74, 6) is 0. The van der Waals surface area contributed by atoms with Gasteiger partial charge in [0.2, 0.25) is 0 Å². The average molecular weight is 248 g/mol. The normalized spacial score (nSPS) is 34.7. The van der Waals surface area contributed by atoms with Gasteiger partial charge in [-0.25, -0.2) is 0 Å². The van der Waals surface area contributed by atoms with Crippen LogP contribution >= 0.6 is 0 Å². The first-order chi connectivity index (χ1) is 8.57. The molecule has 0 bridgehead atoms.